The number of carbonyl (C=O) groups excluding carboxylic acids is 2. The average molecular weight is 394 g/mol. The smallest absolute Gasteiger partial charge is 0.253 e. The van der Waals surface area contributed by atoms with Crippen LogP contribution in [0.5, 0.6) is 5.75 Å². The molecule has 1 aliphatic heterocycles. The summed E-state index contributed by atoms with van der Waals surface area (Å²) in [6, 6.07) is 14.8. The molecule has 7 nitrogen and oxygen atoms in total. The minimum absolute atomic E-state index is 0.0770. The van der Waals surface area contributed by atoms with Gasteiger partial charge in [-0.15, -0.1) is 0 Å². The molecule has 0 radical (unpaired) electrons. The van der Waals surface area contributed by atoms with Crippen LogP contribution in [0.15, 0.2) is 53.6 Å². The number of hydrogen-bond acceptors (Lipinski definition) is 5. The SMILES string of the molecule is CCN(CC)c1ccc(/C=N/NC(=O)C2C(=O)NCC2c2ccccc2)c(O)c1. The van der Waals surface area contributed by atoms with Gasteiger partial charge in [-0.25, -0.2) is 5.43 Å². The first-order valence-electron chi connectivity index (χ1n) is 9.78. The number of rotatable bonds is 7. The number of amides is 2. The molecule has 1 saturated heterocycles. The van der Waals surface area contributed by atoms with Crippen molar-refractivity contribution in [1.29, 1.82) is 0 Å². The maximum atomic E-state index is 12.6. The van der Waals surface area contributed by atoms with Crippen LogP contribution in [0, 0.1) is 5.92 Å². The van der Waals surface area contributed by atoms with Crippen LogP contribution >= 0.6 is 0 Å². The lowest BCUT2D eigenvalue weighted by molar-refractivity contribution is -0.133. The Balaban J connectivity index is 1.68. The third kappa shape index (κ3) is 4.56. The van der Waals surface area contributed by atoms with Crippen LogP contribution in [-0.4, -0.2) is 42.8 Å². The lowest BCUT2D eigenvalue weighted by Gasteiger charge is -2.21. The number of hydrazone groups is 1. The van der Waals surface area contributed by atoms with Crippen molar-refractivity contribution in [1.82, 2.24) is 10.7 Å². The number of nitrogens with zero attached hydrogens (tertiary/aromatic N) is 2. The summed E-state index contributed by atoms with van der Waals surface area (Å²) < 4.78 is 0. The molecule has 0 aromatic heterocycles. The third-order valence-electron chi connectivity index (χ3n) is 5.21. The van der Waals surface area contributed by atoms with Crippen LogP contribution in [0.4, 0.5) is 5.69 Å². The van der Waals surface area contributed by atoms with E-state index in [2.05, 4.69) is 20.7 Å². The zero-order valence-electron chi connectivity index (χ0n) is 16.6. The van der Waals surface area contributed by atoms with Gasteiger partial charge in [0.25, 0.3) is 5.91 Å². The number of aromatic hydroxyl groups is 1. The van der Waals surface area contributed by atoms with Gasteiger partial charge in [0.15, 0.2) is 0 Å². The number of benzene rings is 2. The van der Waals surface area contributed by atoms with Gasteiger partial charge in [-0.3, -0.25) is 9.59 Å². The van der Waals surface area contributed by atoms with E-state index in [-0.39, 0.29) is 17.6 Å². The van der Waals surface area contributed by atoms with E-state index in [9.17, 15) is 14.7 Å². The van der Waals surface area contributed by atoms with Crippen molar-refractivity contribution in [2.75, 3.05) is 24.5 Å². The molecular weight excluding hydrogens is 368 g/mol. The van der Waals surface area contributed by atoms with Crippen molar-refractivity contribution in [3.8, 4) is 5.75 Å². The monoisotopic (exact) mass is 394 g/mol. The van der Waals surface area contributed by atoms with Gasteiger partial charge in [-0.2, -0.15) is 5.10 Å². The summed E-state index contributed by atoms with van der Waals surface area (Å²) in [5, 5.41) is 16.9. The van der Waals surface area contributed by atoms with Gasteiger partial charge >= 0.3 is 0 Å². The highest BCUT2D eigenvalue weighted by Crippen LogP contribution is 2.29. The molecule has 2 aromatic carbocycles. The van der Waals surface area contributed by atoms with Gasteiger partial charge in [-0.05, 0) is 31.5 Å². The number of carbonyl (C=O) groups is 2. The fourth-order valence-corrected chi connectivity index (χ4v) is 3.60. The lowest BCUT2D eigenvalue weighted by atomic mass is 9.88. The van der Waals surface area contributed by atoms with Crippen molar-refractivity contribution < 1.29 is 14.7 Å². The largest absolute Gasteiger partial charge is 0.507 e. The Kier molecular flexibility index (Phi) is 6.49. The average Bonchev–Trinajstić information content (AvgIpc) is 3.12. The molecule has 3 N–H and O–H groups in total. The summed E-state index contributed by atoms with van der Waals surface area (Å²) in [6.07, 6.45) is 1.38. The van der Waals surface area contributed by atoms with E-state index in [0.29, 0.717) is 12.1 Å². The van der Waals surface area contributed by atoms with Gasteiger partial charge in [0, 0.05) is 42.9 Å². The Morgan fingerprint density at radius 1 is 1.24 bits per heavy atom. The number of phenolic OH excluding ortho intramolecular Hbond substituents is 1. The summed E-state index contributed by atoms with van der Waals surface area (Å²) in [5.74, 6) is -1.77. The topological polar surface area (TPSA) is 94.0 Å². The van der Waals surface area contributed by atoms with Gasteiger partial charge < -0.3 is 15.3 Å². The first kappa shape index (κ1) is 20.4. The number of phenols is 1. The molecule has 0 saturated carbocycles. The number of hydrogen-bond donors (Lipinski definition) is 3. The lowest BCUT2D eigenvalue weighted by Crippen LogP contribution is -2.34. The number of nitrogens with one attached hydrogen (secondary N) is 2. The van der Waals surface area contributed by atoms with Gasteiger partial charge in [-0.1, -0.05) is 30.3 Å². The Labute approximate surface area is 170 Å². The minimum Gasteiger partial charge on any atom is -0.507 e. The van der Waals surface area contributed by atoms with Gasteiger partial charge in [0.1, 0.15) is 11.7 Å². The molecule has 3 rings (SSSR count). The Morgan fingerprint density at radius 2 is 1.97 bits per heavy atom. The van der Waals surface area contributed by atoms with E-state index in [1.54, 1.807) is 12.1 Å². The summed E-state index contributed by atoms with van der Waals surface area (Å²) in [5.41, 5.74) is 4.77. The Bertz CT molecular complexity index is 894. The summed E-state index contributed by atoms with van der Waals surface area (Å²) in [4.78, 5) is 26.9. The summed E-state index contributed by atoms with van der Waals surface area (Å²) in [6.45, 7) is 6.19. The second-order valence-electron chi connectivity index (χ2n) is 6.89. The molecule has 0 bridgehead atoms. The molecule has 2 atom stereocenters. The standard InChI is InChI=1S/C22H26N4O3/c1-3-26(4-2)17-11-10-16(19(27)12-17)13-24-25-22(29)20-18(14-23-21(20)28)15-8-6-5-7-9-15/h5-13,18,20,27H,3-4,14H2,1-2H3,(H,23,28)(H,25,29)/b24-13+. The van der Waals surface area contributed by atoms with Crippen LogP contribution in [0.1, 0.15) is 30.9 Å². The fraction of sp³-hybridized carbons (Fsp3) is 0.318. The molecule has 2 amide bonds. The fourth-order valence-electron chi connectivity index (χ4n) is 3.60. The highest BCUT2D eigenvalue weighted by atomic mass is 16.3. The van der Waals surface area contributed by atoms with Crippen molar-refractivity contribution in [2.24, 2.45) is 11.0 Å². The molecule has 2 aromatic rings. The van der Waals surface area contributed by atoms with E-state index in [1.807, 2.05) is 50.2 Å². The molecule has 29 heavy (non-hydrogen) atoms. The quantitative estimate of drug-likeness (QED) is 0.381. The van der Waals surface area contributed by atoms with Crippen molar-refractivity contribution in [3.05, 3.63) is 59.7 Å². The second kappa shape index (κ2) is 9.23. The molecule has 1 aliphatic rings. The first-order valence-corrected chi connectivity index (χ1v) is 9.78. The summed E-state index contributed by atoms with van der Waals surface area (Å²) in [7, 11) is 0. The first-order chi connectivity index (χ1) is 14.0. The molecule has 1 heterocycles. The normalized spacial score (nSPS) is 18.6. The van der Waals surface area contributed by atoms with Crippen molar-refractivity contribution in [2.45, 2.75) is 19.8 Å². The van der Waals surface area contributed by atoms with E-state index in [4.69, 9.17) is 0 Å². The Hall–Kier alpha value is -3.35. The molecule has 1 fully saturated rings. The van der Waals surface area contributed by atoms with Gasteiger partial charge in [0.05, 0.1) is 6.21 Å². The van der Waals surface area contributed by atoms with E-state index >= 15 is 0 Å². The van der Waals surface area contributed by atoms with Crippen molar-refractivity contribution in [3.63, 3.8) is 0 Å². The molecule has 0 spiro atoms. The Morgan fingerprint density at radius 3 is 2.62 bits per heavy atom. The third-order valence-corrected chi connectivity index (χ3v) is 5.21. The van der Waals surface area contributed by atoms with Crippen LogP contribution in [-0.2, 0) is 9.59 Å². The van der Waals surface area contributed by atoms with Gasteiger partial charge in [0.2, 0.25) is 5.91 Å². The van der Waals surface area contributed by atoms with Crippen LogP contribution in [0.3, 0.4) is 0 Å². The minimum atomic E-state index is -0.840. The van der Waals surface area contributed by atoms with Crippen LogP contribution < -0.4 is 15.6 Å². The predicted octanol–water partition coefficient (Wildman–Crippen LogP) is 2.22. The second-order valence-corrected chi connectivity index (χ2v) is 6.89. The van der Waals surface area contributed by atoms with Crippen LogP contribution in [0.25, 0.3) is 0 Å². The van der Waals surface area contributed by atoms with E-state index < -0.39 is 11.8 Å². The molecule has 2 unspecified atom stereocenters. The van der Waals surface area contributed by atoms with Crippen LogP contribution in [0.2, 0.25) is 0 Å². The number of anilines is 1. The maximum absolute atomic E-state index is 12.6. The van der Waals surface area contributed by atoms with Crippen molar-refractivity contribution >= 4 is 23.7 Å². The zero-order valence-corrected chi connectivity index (χ0v) is 16.6. The van der Waals surface area contributed by atoms with E-state index in [1.165, 1.54) is 6.21 Å². The highest BCUT2D eigenvalue weighted by Gasteiger charge is 2.40. The predicted molar refractivity (Wildman–Crippen MR) is 113 cm³/mol. The molecule has 152 valence electrons. The zero-order chi connectivity index (χ0) is 20.8. The summed E-state index contributed by atoms with van der Waals surface area (Å²) >= 11 is 0. The van der Waals surface area contributed by atoms with E-state index in [0.717, 1.165) is 24.3 Å². The molecule has 0 aliphatic carbocycles. The highest BCUT2D eigenvalue weighted by molar-refractivity contribution is 6.03. The molecular formula is C22H26N4O3. The maximum Gasteiger partial charge on any atom is 0.253 e. The molecule has 7 heteroatoms.